The van der Waals surface area contributed by atoms with Crippen LogP contribution in [0.2, 0.25) is 0 Å². The van der Waals surface area contributed by atoms with Crippen LogP contribution in [0.3, 0.4) is 0 Å². The maximum Gasteiger partial charge on any atom is 0.297 e. The molecule has 3 nitrogen and oxygen atoms in total. The van der Waals surface area contributed by atoms with Gasteiger partial charge in [0.25, 0.3) is 9.24 Å². The lowest BCUT2D eigenvalue weighted by Crippen LogP contribution is -2.42. The third kappa shape index (κ3) is 4.61. The molecule has 11 heavy (non-hydrogen) atoms. The second-order valence-corrected chi connectivity index (χ2v) is 5.11. The molecule has 0 aromatic heterocycles. The first kappa shape index (κ1) is 11.2. The smallest absolute Gasteiger partial charge is 0.196 e. The highest BCUT2D eigenvalue weighted by Crippen LogP contribution is 2.15. The van der Waals surface area contributed by atoms with Crippen molar-refractivity contribution >= 4 is 19.9 Å². The fraction of sp³-hybridized carbons (Fsp3) is 1.00. The van der Waals surface area contributed by atoms with Gasteiger partial charge in [-0.2, -0.15) is 13.1 Å². The van der Waals surface area contributed by atoms with Crippen molar-refractivity contribution in [1.29, 1.82) is 0 Å². The zero-order valence-electron chi connectivity index (χ0n) is 7.02. The molecule has 0 aliphatic heterocycles. The maximum absolute atomic E-state index is 10.6. The van der Waals surface area contributed by atoms with Gasteiger partial charge in [-0.3, -0.25) is 0 Å². The topological polar surface area (TPSA) is 46.2 Å². The molecule has 0 saturated carbocycles. The first-order valence-electron chi connectivity index (χ1n) is 3.56. The number of rotatable bonds is 4. The van der Waals surface area contributed by atoms with Crippen LogP contribution in [0.1, 0.15) is 33.6 Å². The van der Waals surface area contributed by atoms with Gasteiger partial charge in [0.15, 0.2) is 0 Å². The fourth-order valence-electron chi connectivity index (χ4n) is 0.689. The van der Waals surface area contributed by atoms with Gasteiger partial charge >= 0.3 is 0 Å². The molecule has 0 fully saturated rings. The molecule has 0 aliphatic carbocycles. The molecule has 0 atom stereocenters. The molecular weight excluding hydrogens is 186 g/mol. The summed E-state index contributed by atoms with van der Waals surface area (Å²) in [6.07, 6.45) is 1.46. The zero-order chi connectivity index (χ0) is 9.12. The number of hydrogen-bond donors (Lipinski definition) is 1. The van der Waals surface area contributed by atoms with Crippen LogP contribution in [0.25, 0.3) is 0 Å². The molecule has 0 bridgehead atoms. The van der Waals surface area contributed by atoms with Crippen molar-refractivity contribution in [2.24, 2.45) is 0 Å². The highest BCUT2D eigenvalue weighted by molar-refractivity contribution is 8.12. The van der Waals surface area contributed by atoms with Gasteiger partial charge in [-0.25, -0.2) is 0 Å². The van der Waals surface area contributed by atoms with E-state index in [1.54, 1.807) is 0 Å². The summed E-state index contributed by atoms with van der Waals surface area (Å²) in [5.41, 5.74) is -0.402. The van der Waals surface area contributed by atoms with Crippen molar-refractivity contribution in [2.45, 2.75) is 39.2 Å². The summed E-state index contributed by atoms with van der Waals surface area (Å²) in [5, 5.41) is 0. The average Bonchev–Trinajstić information content (AvgIpc) is 1.84. The number of nitrogens with one attached hydrogen (secondary N) is 1. The van der Waals surface area contributed by atoms with Crippen molar-refractivity contribution in [3.63, 3.8) is 0 Å². The standard InChI is InChI=1S/C6H14ClNO2S/c1-4-6(3,5-2)8-11(7,9)10/h8H,4-5H2,1-3H3. The van der Waals surface area contributed by atoms with Crippen LogP contribution < -0.4 is 4.72 Å². The Balaban J connectivity index is 4.32. The third-order valence-electron chi connectivity index (χ3n) is 1.93. The molecule has 0 heterocycles. The van der Waals surface area contributed by atoms with E-state index in [4.69, 9.17) is 10.7 Å². The summed E-state index contributed by atoms with van der Waals surface area (Å²) in [4.78, 5) is 0. The quantitative estimate of drug-likeness (QED) is 0.700. The van der Waals surface area contributed by atoms with E-state index in [1.807, 2.05) is 20.8 Å². The lowest BCUT2D eigenvalue weighted by Gasteiger charge is -2.25. The van der Waals surface area contributed by atoms with Gasteiger partial charge in [-0.1, -0.05) is 13.8 Å². The molecule has 5 heteroatoms. The van der Waals surface area contributed by atoms with Crippen LogP contribution in [0.15, 0.2) is 0 Å². The Kier molecular flexibility index (Phi) is 3.80. The van der Waals surface area contributed by atoms with E-state index in [0.29, 0.717) is 0 Å². The lowest BCUT2D eigenvalue weighted by molar-refractivity contribution is 0.392. The minimum atomic E-state index is -3.58. The second-order valence-electron chi connectivity index (χ2n) is 2.81. The van der Waals surface area contributed by atoms with Crippen molar-refractivity contribution in [3.05, 3.63) is 0 Å². The molecule has 0 rings (SSSR count). The first-order valence-corrected chi connectivity index (χ1v) is 5.87. The van der Waals surface area contributed by atoms with Gasteiger partial charge in [0.1, 0.15) is 0 Å². The molecule has 0 aliphatic rings. The average molecular weight is 200 g/mol. The molecule has 1 N–H and O–H groups in total. The Bertz CT molecular complexity index is 209. The van der Waals surface area contributed by atoms with Crippen LogP contribution >= 0.6 is 10.7 Å². The normalized spacial score (nSPS) is 13.5. The molecule has 68 valence electrons. The SMILES string of the molecule is CCC(C)(CC)NS(=O)(=O)Cl. The van der Waals surface area contributed by atoms with Gasteiger partial charge in [-0.05, 0) is 19.8 Å². The van der Waals surface area contributed by atoms with Crippen LogP contribution in [0.4, 0.5) is 0 Å². The molecule has 0 unspecified atom stereocenters. The molecule has 0 saturated heterocycles. The van der Waals surface area contributed by atoms with Crippen LogP contribution in [0, 0.1) is 0 Å². The predicted molar refractivity (Wildman–Crippen MR) is 46.9 cm³/mol. The van der Waals surface area contributed by atoms with E-state index < -0.39 is 14.8 Å². The first-order chi connectivity index (χ1) is 4.83. The summed E-state index contributed by atoms with van der Waals surface area (Å²) in [7, 11) is 1.45. The molecular formula is C6H14ClNO2S. The highest BCUT2D eigenvalue weighted by Gasteiger charge is 2.24. The summed E-state index contributed by atoms with van der Waals surface area (Å²) >= 11 is 0. The minimum absolute atomic E-state index is 0.402. The number of hydrogen-bond acceptors (Lipinski definition) is 2. The van der Waals surface area contributed by atoms with Gasteiger partial charge in [0.05, 0.1) is 0 Å². The van der Waals surface area contributed by atoms with Gasteiger partial charge < -0.3 is 0 Å². The minimum Gasteiger partial charge on any atom is -0.196 e. The largest absolute Gasteiger partial charge is 0.297 e. The van der Waals surface area contributed by atoms with Gasteiger partial charge in [0, 0.05) is 16.2 Å². The van der Waals surface area contributed by atoms with E-state index in [-0.39, 0.29) is 0 Å². The van der Waals surface area contributed by atoms with E-state index in [1.165, 1.54) is 0 Å². The summed E-state index contributed by atoms with van der Waals surface area (Å²) in [5.74, 6) is 0. The Labute approximate surface area is 72.7 Å². The molecule has 0 radical (unpaired) electrons. The Morgan fingerprint density at radius 1 is 1.36 bits per heavy atom. The Morgan fingerprint density at radius 3 is 1.82 bits per heavy atom. The van der Waals surface area contributed by atoms with E-state index >= 15 is 0 Å². The highest BCUT2D eigenvalue weighted by atomic mass is 35.7. The predicted octanol–water partition coefficient (Wildman–Crippen LogP) is 1.64. The Morgan fingerprint density at radius 2 is 1.73 bits per heavy atom. The van der Waals surface area contributed by atoms with Gasteiger partial charge in [-0.15, -0.1) is 0 Å². The Hall–Kier alpha value is 0.200. The van der Waals surface area contributed by atoms with E-state index in [9.17, 15) is 8.42 Å². The van der Waals surface area contributed by atoms with Crippen LogP contribution in [-0.4, -0.2) is 14.0 Å². The lowest BCUT2D eigenvalue weighted by atomic mass is 9.98. The molecule has 0 aromatic rings. The van der Waals surface area contributed by atoms with E-state index in [2.05, 4.69) is 4.72 Å². The maximum atomic E-state index is 10.6. The van der Waals surface area contributed by atoms with Gasteiger partial charge in [0.2, 0.25) is 0 Å². The number of halogens is 1. The van der Waals surface area contributed by atoms with E-state index in [0.717, 1.165) is 12.8 Å². The van der Waals surface area contributed by atoms with Crippen molar-refractivity contribution in [1.82, 2.24) is 4.72 Å². The monoisotopic (exact) mass is 199 g/mol. The third-order valence-corrected chi connectivity index (χ3v) is 2.90. The van der Waals surface area contributed by atoms with Crippen molar-refractivity contribution in [2.75, 3.05) is 0 Å². The summed E-state index contributed by atoms with van der Waals surface area (Å²) in [6, 6.07) is 0. The second kappa shape index (κ2) is 3.74. The molecule has 0 spiro atoms. The van der Waals surface area contributed by atoms with Crippen LogP contribution in [-0.2, 0) is 9.24 Å². The zero-order valence-corrected chi connectivity index (χ0v) is 8.59. The molecule has 0 aromatic carbocycles. The van der Waals surface area contributed by atoms with Crippen LogP contribution in [0.5, 0.6) is 0 Å². The fourth-order valence-corrected chi connectivity index (χ4v) is 2.12. The summed E-state index contributed by atoms with van der Waals surface area (Å²) < 4.78 is 23.6. The summed E-state index contributed by atoms with van der Waals surface area (Å²) in [6.45, 7) is 5.66. The molecule has 0 amide bonds. The van der Waals surface area contributed by atoms with Crippen molar-refractivity contribution in [3.8, 4) is 0 Å². The van der Waals surface area contributed by atoms with Crippen molar-refractivity contribution < 1.29 is 8.42 Å².